The fourth-order valence-electron chi connectivity index (χ4n) is 0.932. The van der Waals surface area contributed by atoms with Gasteiger partial charge < -0.3 is 4.74 Å². The van der Waals surface area contributed by atoms with Gasteiger partial charge in [-0.15, -0.1) is 0 Å². The maximum Gasteiger partial charge on any atom is 0.293 e. The Kier molecular flexibility index (Phi) is 3.24. The fraction of sp³-hybridized carbons (Fsp3) is 0.500. The SMILES string of the molecule is Cc1ncccc1OCC(C)(C)[N+](=O)O. The van der Waals surface area contributed by atoms with Crippen LogP contribution in [0.1, 0.15) is 19.5 Å². The van der Waals surface area contributed by atoms with E-state index in [4.69, 9.17) is 9.94 Å². The molecule has 0 amide bonds. The molecule has 0 aliphatic heterocycles. The average molecular weight is 211 g/mol. The summed E-state index contributed by atoms with van der Waals surface area (Å²) >= 11 is 0. The minimum absolute atomic E-state index is 0.0968. The fourth-order valence-corrected chi connectivity index (χ4v) is 0.932. The van der Waals surface area contributed by atoms with E-state index in [0.29, 0.717) is 5.75 Å². The second kappa shape index (κ2) is 4.25. The molecule has 5 heteroatoms. The Labute approximate surface area is 88.2 Å². The Hall–Kier alpha value is -1.65. The van der Waals surface area contributed by atoms with Gasteiger partial charge >= 0.3 is 0 Å². The lowest BCUT2D eigenvalue weighted by Gasteiger charge is -2.13. The largest absolute Gasteiger partial charge is 0.484 e. The molecule has 0 aliphatic carbocycles. The molecule has 1 heterocycles. The van der Waals surface area contributed by atoms with Crippen LogP contribution in [0.4, 0.5) is 0 Å². The van der Waals surface area contributed by atoms with E-state index in [1.165, 1.54) is 0 Å². The molecule has 0 aromatic carbocycles. The first-order chi connectivity index (χ1) is 6.93. The van der Waals surface area contributed by atoms with E-state index in [9.17, 15) is 4.91 Å². The highest BCUT2D eigenvalue weighted by Gasteiger charge is 2.37. The van der Waals surface area contributed by atoms with Gasteiger partial charge in [0.15, 0.2) is 6.61 Å². The van der Waals surface area contributed by atoms with Crippen molar-refractivity contribution in [1.29, 1.82) is 0 Å². The molecule has 1 aromatic rings. The third-order valence-corrected chi connectivity index (χ3v) is 2.06. The summed E-state index contributed by atoms with van der Waals surface area (Å²) in [5.74, 6) is 0.618. The van der Waals surface area contributed by atoms with Crippen molar-refractivity contribution in [2.24, 2.45) is 0 Å². The predicted molar refractivity (Wildman–Crippen MR) is 54.0 cm³/mol. The summed E-state index contributed by atoms with van der Waals surface area (Å²) in [5, 5.41) is 8.81. The number of pyridine rings is 1. The van der Waals surface area contributed by atoms with Crippen LogP contribution in [0.5, 0.6) is 5.75 Å². The zero-order valence-electron chi connectivity index (χ0n) is 9.10. The molecule has 1 N–H and O–H groups in total. The molecule has 0 atom stereocenters. The highest BCUT2D eigenvalue weighted by atomic mass is 16.6. The Bertz CT molecular complexity index is 363. The smallest absolute Gasteiger partial charge is 0.293 e. The number of nitrogens with zero attached hydrogens (tertiary/aromatic N) is 2. The van der Waals surface area contributed by atoms with Gasteiger partial charge in [0.25, 0.3) is 5.54 Å². The minimum Gasteiger partial charge on any atom is -0.484 e. The first-order valence-corrected chi connectivity index (χ1v) is 4.64. The Balaban J connectivity index is 2.66. The normalized spacial score (nSPS) is 11.1. The van der Waals surface area contributed by atoms with Crippen LogP contribution in [0, 0.1) is 11.8 Å². The van der Waals surface area contributed by atoms with Gasteiger partial charge in [-0.25, -0.2) is 5.21 Å². The molecule has 15 heavy (non-hydrogen) atoms. The third kappa shape index (κ3) is 2.90. The van der Waals surface area contributed by atoms with Gasteiger partial charge in [-0.3, -0.25) is 4.98 Å². The molecule has 5 nitrogen and oxygen atoms in total. The average Bonchev–Trinajstić information content (AvgIpc) is 2.16. The van der Waals surface area contributed by atoms with Crippen LogP contribution in [-0.2, 0) is 0 Å². The highest BCUT2D eigenvalue weighted by molar-refractivity contribution is 5.25. The van der Waals surface area contributed by atoms with Crippen molar-refractivity contribution in [3.05, 3.63) is 28.9 Å². The number of hydrogen-bond donors (Lipinski definition) is 1. The molecule has 0 radical (unpaired) electrons. The molecule has 0 bridgehead atoms. The number of rotatable bonds is 4. The molecule has 1 aromatic heterocycles. The van der Waals surface area contributed by atoms with Crippen LogP contribution in [-0.4, -0.2) is 27.3 Å². The van der Waals surface area contributed by atoms with Crippen LogP contribution in [0.3, 0.4) is 0 Å². The standard InChI is InChI=1S/C10H15N2O3/c1-8-9(5-4-6-11-8)15-7-10(2,3)12(13)14/h4-6H,7H2,1-3H3,(H,13,14)/q+1. The van der Waals surface area contributed by atoms with E-state index < -0.39 is 5.54 Å². The summed E-state index contributed by atoms with van der Waals surface area (Å²) in [6.07, 6.45) is 1.67. The summed E-state index contributed by atoms with van der Waals surface area (Å²) < 4.78 is 5.40. The van der Waals surface area contributed by atoms with Gasteiger partial charge in [-0.05, 0) is 19.1 Å². The van der Waals surface area contributed by atoms with Crippen molar-refractivity contribution < 1.29 is 14.9 Å². The molecule has 0 unspecified atom stereocenters. The van der Waals surface area contributed by atoms with Gasteiger partial charge in [0.1, 0.15) is 5.75 Å². The van der Waals surface area contributed by atoms with Crippen LogP contribution in [0.15, 0.2) is 18.3 Å². The van der Waals surface area contributed by atoms with Crippen molar-refractivity contribution in [2.75, 3.05) is 6.61 Å². The number of ether oxygens (including phenoxy) is 1. The summed E-state index contributed by atoms with van der Waals surface area (Å²) in [6.45, 7) is 5.09. The van der Waals surface area contributed by atoms with E-state index >= 15 is 0 Å². The Morgan fingerprint density at radius 3 is 2.80 bits per heavy atom. The van der Waals surface area contributed by atoms with Crippen molar-refractivity contribution in [2.45, 2.75) is 26.3 Å². The number of aryl methyl sites for hydroxylation is 1. The van der Waals surface area contributed by atoms with E-state index in [2.05, 4.69) is 4.98 Å². The van der Waals surface area contributed by atoms with E-state index in [1.54, 1.807) is 32.2 Å². The number of aromatic nitrogens is 1. The second-order valence-electron chi connectivity index (χ2n) is 3.96. The van der Waals surface area contributed by atoms with Crippen molar-refractivity contribution in [1.82, 2.24) is 4.98 Å². The second-order valence-corrected chi connectivity index (χ2v) is 3.96. The predicted octanol–water partition coefficient (Wildman–Crippen LogP) is 1.72. The Morgan fingerprint density at radius 1 is 1.60 bits per heavy atom. The van der Waals surface area contributed by atoms with E-state index in [-0.39, 0.29) is 11.5 Å². The highest BCUT2D eigenvalue weighted by Crippen LogP contribution is 2.16. The first kappa shape index (κ1) is 11.4. The zero-order valence-corrected chi connectivity index (χ0v) is 9.10. The maximum atomic E-state index is 10.7. The molecule has 0 saturated heterocycles. The van der Waals surface area contributed by atoms with Crippen LogP contribution in [0.2, 0.25) is 0 Å². The monoisotopic (exact) mass is 211 g/mol. The zero-order chi connectivity index (χ0) is 11.5. The van der Waals surface area contributed by atoms with Gasteiger partial charge in [0.2, 0.25) is 4.92 Å². The quantitative estimate of drug-likeness (QED) is 0.770. The summed E-state index contributed by atoms with van der Waals surface area (Å²) in [4.78, 5) is 14.7. The van der Waals surface area contributed by atoms with Gasteiger partial charge in [-0.2, -0.15) is 0 Å². The van der Waals surface area contributed by atoms with Gasteiger partial charge in [0, 0.05) is 20.0 Å². The molecule has 0 fully saturated rings. The summed E-state index contributed by atoms with van der Waals surface area (Å²) in [7, 11) is 0. The van der Waals surface area contributed by atoms with Crippen LogP contribution >= 0.6 is 0 Å². The van der Waals surface area contributed by atoms with Gasteiger partial charge in [0.05, 0.1) is 10.6 Å². The molecule has 0 spiro atoms. The molecule has 0 saturated carbocycles. The third-order valence-electron chi connectivity index (χ3n) is 2.06. The lowest BCUT2D eigenvalue weighted by molar-refractivity contribution is -0.838. The maximum absolute atomic E-state index is 10.7. The topological polar surface area (TPSA) is 62.4 Å². The van der Waals surface area contributed by atoms with Crippen molar-refractivity contribution in [3.8, 4) is 5.75 Å². The molecular weight excluding hydrogens is 196 g/mol. The lowest BCUT2D eigenvalue weighted by atomic mass is 10.1. The van der Waals surface area contributed by atoms with Gasteiger partial charge in [-0.1, -0.05) is 0 Å². The van der Waals surface area contributed by atoms with Crippen molar-refractivity contribution >= 4 is 0 Å². The lowest BCUT2D eigenvalue weighted by Crippen LogP contribution is -2.38. The van der Waals surface area contributed by atoms with Crippen molar-refractivity contribution in [3.63, 3.8) is 0 Å². The first-order valence-electron chi connectivity index (χ1n) is 4.64. The Morgan fingerprint density at radius 2 is 2.27 bits per heavy atom. The molecule has 0 aliphatic rings. The summed E-state index contributed by atoms with van der Waals surface area (Å²) in [6, 6.07) is 3.52. The van der Waals surface area contributed by atoms with Crippen LogP contribution < -0.4 is 4.74 Å². The minimum atomic E-state index is -0.970. The molecular formula is C10H15N2O3+. The van der Waals surface area contributed by atoms with E-state index in [0.717, 1.165) is 5.69 Å². The number of hydrogen-bond acceptors (Lipinski definition) is 3. The molecule has 1 rings (SSSR count). The van der Waals surface area contributed by atoms with E-state index in [1.807, 2.05) is 6.92 Å². The summed E-state index contributed by atoms with van der Waals surface area (Å²) in [5.41, 5.74) is -0.217. The molecule has 82 valence electrons. The van der Waals surface area contributed by atoms with Crippen LogP contribution in [0.25, 0.3) is 0 Å².